The summed E-state index contributed by atoms with van der Waals surface area (Å²) in [6.07, 6.45) is 3.38. The number of nitrogens with one attached hydrogen (secondary N) is 1. The molecule has 0 saturated carbocycles. The zero-order valence-corrected chi connectivity index (χ0v) is 23.8. The number of thiazole rings is 1. The van der Waals surface area contributed by atoms with Gasteiger partial charge in [-0.15, -0.1) is 11.3 Å². The van der Waals surface area contributed by atoms with Gasteiger partial charge in [0, 0.05) is 29.3 Å². The van der Waals surface area contributed by atoms with Gasteiger partial charge in [-0.25, -0.2) is 14.5 Å². The Morgan fingerprint density at radius 2 is 1.80 bits per heavy atom. The zero-order valence-electron chi connectivity index (χ0n) is 23.0. The summed E-state index contributed by atoms with van der Waals surface area (Å²) < 4.78 is 3.24. The molecular weight excluding hydrogens is 532 g/mol. The smallest absolute Gasteiger partial charge is 0.264 e. The van der Waals surface area contributed by atoms with E-state index in [9.17, 15) is 9.59 Å². The number of pyridine rings is 1. The Balaban J connectivity index is 1.48. The molecule has 0 aliphatic carbocycles. The summed E-state index contributed by atoms with van der Waals surface area (Å²) in [5.41, 5.74) is 4.09. The summed E-state index contributed by atoms with van der Waals surface area (Å²) >= 11 is 1.54. The van der Waals surface area contributed by atoms with Gasteiger partial charge in [-0.2, -0.15) is 5.10 Å². The number of hydrogen-bond donors (Lipinski definition) is 1. The average molecular weight is 559 g/mol. The van der Waals surface area contributed by atoms with Gasteiger partial charge >= 0.3 is 0 Å². The van der Waals surface area contributed by atoms with E-state index in [1.165, 1.54) is 11.3 Å². The SMILES string of the molecule is Cc1nc(C)c(C#Cc2cccc3cc([C@@H](C)NC(=O)c4c(C)nn5cccnc45)n(-c4ccccc4)c(=O)c23)s1. The molecule has 0 spiro atoms. The molecule has 0 bridgehead atoms. The molecule has 0 fully saturated rings. The van der Waals surface area contributed by atoms with Crippen molar-refractivity contribution in [2.45, 2.75) is 33.7 Å². The molecule has 0 saturated heterocycles. The fraction of sp³-hybridized carbons (Fsp3) is 0.156. The lowest BCUT2D eigenvalue weighted by Crippen LogP contribution is -2.32. The topological polar surface area (TPSA) is 94.2 Å². The fourth-order valence-electron chi connectivity index (χ4n) is 5.02. The normalized spacial score (nSPS) is 11.8. The molecule has 9 heteroatoms. The van der Waals surface area contributed by atoms with E-state index in [4.69, 9.17) is 0 Å². The van der Waals surface area contributed by atoms with Gasteiger partial charge < -0.3 is 5.32 Å². The van der Waals surface area contributed by atoms with Crippen LogP contribution in [-0.4, -0.2) is 30.1 Å². The minimum atomic E-state index is -0.518. The van der Waals surface area contributed by atoms with Crippen molar-refractivity contribution in [3.8, 4) is 17.5 Å². The Morgan fingerprint density at radius 3 is 2.56 bits per heavy atom. The first kappa shape index (κ1) is 26.2. The van der Waals surface area contributed by atoms with E-state index in [0.717, 1.165) is 21.0 Å². The number of hydrogen-bond acceptors (Lipinski definition) is 6. The van der Waals surface area contributed by atoms with Gasteiger partial charge in [-0.1, -0.05) is 36.3 Å². The molecule has 6 rings (SSSR count). The van der Waals surface area contributed by atoms with Crippen molar-refractivity contribution in [1.82, 2.24) is 29.5 Å². The van der Waals surface area contributed by atoms with Gasteiger partial charge in [-0.05, 0) is 69.3 Å². The monoisotopic (exact) mass is 558 g/mol. The second-order valence-corrected chi connectivity index (χ2v) is 11.0. The molecule has 0 unspecified atom stereocenters. The van der Waals surface area contributed by atoms with Crippen molar-refractivity contribution in [2.75, 3.05) is 0 Å². The number of nitrogens with zero attached hydrogens (tertiary/aromatic N) is 5. The first-order chi connectivity index (χ1) is 19.8. The standard InChI is InChI=1S/C32H26N6O2S/c1-19(35-31(39)28-21(3)36-37-17-9-16-33-30(28)37)26-18-24-11-8-10-23(14-15-27-20(2)34-22(4)41-27)29(24)32(40)38(26)25-12-6-5-7-13-25/h5-13,16-19H,1-4H3,(H,35,39)/t19-/m1/s1. The van der Waals surface area contributed by atoms with Crippen molar-refractivity contribution >= 4 is 33.7 Å². The third-order valence-corrected chi connectivity index (χ3v) is 7.88. The molecule has 202 valence electrons. The highest BCUT2D eigenvalue weighted by Gasteiger charge is 2.23. The summed E-state index contributed by atoms with van der Waals surface area (Å²) in [4.78, 5) is 37.4. The Labute approximate surface area is 240 Å². The quantitative estimate of drug-likeness (QED) is 0.296. The van der Waals surface area contributed by atoms with Crippen LogP contribution in [-0.2, 0) is 0 Å². The predicted molar refractivity (Wildman–Crippen MR) is 161 cm³/mol. The summed E-state index contributed by atoms with van der Waals surface area (Å²) in [6.45, 7) is 7.53. The van der Waals surface area contributed by atoms with Crippen LogP contribution in [0, 0.1) is 32.6 Å². The molecular formula is C32H26N6O2S. The number of amides is 1. The molecule has 4 aromatic heterocycles. The average Bonchev–Trinajstić information content (AvgIpc) is 3.48. The Bertz CT molecular complexity index is 2080. The molecule has 6 aromatic rings. The maximum Gasteiger partial charge on any atom is 0.264 e. The zero-order chi connectivity index (χ0) is 28.7. The first-order valence-corrected chi connectivity index (χ1v) is 13.9. The van der Waals surface area contributed by atoms with E-state index in [0.29, 0.717) is 39.2 Å². The molecule has 4 heterocycles. The number of carbonyl (C=O) groups excluding carboxylic acids is 1. The van der Waals surface area contributed by atoms with Crippen LogP contribution in [0.1, 0.15) is 55.9 Å². The number of benzene rings is 2. The maximum absolute atomic E-state index is 14.3. The van der Waals surface area contributed by atoms with Crippen LogP contribution in [0.4, 0.5) is 0 Å². The molecule has 41 heavy (non-hydrogen) atoms. The minimum absolute atomic E-state index is 0.208. The van der Waals surface area contributed by atoms with E-state index >= 15 is 0 Å². The molecule has 8 nitrogen and oxygen atoms in total. The van der Waals surface area contributed by atoms with Crippen LogP contribution < -0.4 is 10.9 Å². The fourth-order valence-corrected chi connectivity index (χ4v) is 5.80. The second kappa shape index (κ2) is 10.5. The number of rotatable bonds is 4. The Kier molecular flexibility index (Phi) is 6.69. The van der Waals surface area contributed by atoms with E-state index in [1.807, 2.05) is 75.4 Å². The molecule has 1 atom stereocenters. The van der Waals surface area contributed by atoms with Crippen molar-refractivity contribution in [3.63, 3.8) is 0 Å². The van der Waals surface area contributed by atoms with E-state index in [2.05, 4.69) is 32.2 Å². The van der Waals surface area contributed by atoms with Crippen molar-refractivity contribution in [3.05, 3.63) is 122 Å². The van der Waals surface area contributed by atoms with Gasteiger partial charge in [0.25, 0.3) is 11.5 Å². The van der Waals surface area contributed by atoms with E-state index < -0.39 is 6.04 Å². The third-order valence-electron chi connectivity index (χ3n) is 6.89. The summed E-state index contributed by atoms with van der Waals surface area (Å²) in [5, 5.41) is 9.71. The van der Waals surface area contributed by atoms with Gasteiger partial charge in [0.2, 0.25) is 0 Å². The summed E-state index contributed by atoms with van der Waals surface area (Å²) in [7, 11) is 0. The number of fused-ring (bicyclic) bond motifs is 2. The number of aryl methyl sites for hydroxylation is 3. The van der Waals surface area contributed by atoms with Gasteiger partial charge in [0.1, 0.15) is 10.4 Å². The molecule has 0 radical (unpaired) electrons. The molecule has 2 aromatic carbocycles. The molecule has 0 aliphatic heterocycles. The molecule has 1 amide bonds. The van der Waals surface area contributed by atoms with Crippen molar-refractivity contribution in [2.24, 2.45) is 0 Å². The van der Waals surface area contributed by atoms with Crippen molar-refractivity contribution in [1.29, 1.82) is 0 Å². The minimum Gasteiger partial charge on any atom is -0.344 e. The summed E-state index contributed by atoms with van der Waals surface area (Å²) in [6, 6.07) is 18.3. The van der Waals surface area contributed by atoms with Gasteiger partial charge in [0.05, 0.1) is 27.8 Å². The van der Waals surface area contributed by atoms with Crippen LogP contribution >= 0.6 is 11.3 Å². The summed E-state index contributed by atoms with van der Waals surface area (Å²) in [5.74, 6) is 6.12. The van der Waals surface area contributed by atoms with Crippen LogP contribution in [0.5, 0.6) is 0 Å². The lowest BCUT2D eigenvalue weighted by Gasteiger charge is -2.21. The number of aromatic nitrogens is 5. The van der Waals surface area contributed by atoms with E-state index in [1.54, 1.807) is 34.5 Å². The lowest BCUT2D eigenvalue weighted by molar-refractivity contribution is 0.0939. The van der Waals surface area contributed by atoms with Gasteiger partial charge in [-0.3, -0.25) is 14.2 Å². The highest BCUT2D eigenvalue weighted by molar-refractivity contribution is 7.12. The highest BCUT2D eigenvalue weighted by Crippen LogP contribution is 2.24. The highest BCUT2D eigenvalue weighted by atomic mass is 32.1. The lowest BCUT2D eigenvalue weighted by atomic mass is 10.0. The van der Waals surface area contributed by atoms with Crippen LogP contribution in [0.15, 0.2) is 77.9 Å². The van der Waals surface area contributed by atoms with Gasteiger partial charge in [0.15, 0.2) is 5.65 Å². The number of para-hydroxylation sites is 1. The third kappa shape index (κ3) is 4.79. The van der Waals surface area contributed by atoms with E-state index in [-0.39, 0.29) is 11.5 Å². The van der Waals surface area contributed by atoms with Crippen molar-refractivity contribution < 1.29 is 4.79 Å². The largest absolute Gasteiger partial charge is 0.344 e. The first-order valence-electron chi connectivity index (χ1n) is 13.1. The molecule has 1 N–H and O–H groups in total. The predicted octanol–water partition coefficient (Wildman–Crippen LogP) is 5.31. The van der Waals surface area contributed by atoms with Crippen LogP contribution in [0.2, 0.25) is 0 Å². The molecule has 0 aliphatic rings. The number of carbonyl (C=O) groups is 1. The second-order valence-electron chi connectivity index (χ2n) is 9.76. The Morgan fingerprint density at radius 1 is 1.00 bits per heavy atom. The van der Waals surface area contributed by atoms with Crippen LogP contribution in [0.3, 0.4) is 0 Å². The Hall–Kier alpha value is -5.07. The maximum atomic E-state index is 14.3. The van der Waals surface area contributed by atoms with Crippen LogP contribution in [0.25, 0.3) is 22.1 Å².